The van der Waals surface area contributed by atoms with E-state index in [9.17, 15) is 4.79 Å². The van der Waals surface area contributed by atoms with Crippen LogP contribution in [0.3, 0.4) is 0 Å². The lowest BCUT2D eigenvalue weighted by Gasteiger charge is -2.26. The highest BCUT2D eigenvalue weighted by Gasteiger charge is 2.27. The van der Waals surface area contributed by atoms with E-state index in [2.05, 4.69) is 36.5 Å². The van der Waals surface area contributed by atoms with Gasteiger partial charge in [-0.15, -0.1) is 0 Å². The smallest absolute Gasteiger partial charge is 0.284 e. The van der Waals surface area contributed by atoms with Crippen molar-refractivity contribution in [3.05, 3.63) is 60.2 Å². The van der Waals surface area contributed by atoms with Crippen molar-refractivity contribution in [3.63, 3.8) is 0 Å². The molecule has 0 bridgehead atoms. The van der Waals surface area contributed by atoms with E-state index < -0.39 is 6.10 Å². The van der Waals surface area contributed by atoms with Gasteiger partial charge in [-0.1, -0.05) is 56.3 Å². The Balaban J connectivity index is 1.58. The van der Waals surface area contributed by atoms with E-state index in [-0.39, 0.29) is 17.9 Å². The van der Waals surface area contributed by atoms with Crippen LogP contribution in [-0.2, 0) is 10.2 Å². The Morgan fingerprint density at radius 3 is 2.50 bits per heavy atom. The number of para-hydroxylation sites is 2. The van der Waals surface area contributed by atoms with Crippen LogP contribution in [0, 0.1) is 0 Å². The molecular weight excluding hydrogens is 328 g/mol. The molecule has 3 rings (SSSR count). The second-order valence-electron chi connectivity index (χ2n) is 7.11. The van der Waals surface area contributed by atoms with Gasteiger partial charge in [0.25, 0.3) is 5.91 Å². The van der Waals surface area contributed by atoms with Crippen LogP contribution in [0.15, 0.2) is 59.7 Å². The molecule has 136 valence electrons. The van der Waals surface area contributed by atoms with Gasteiger partial charge in [-0.05, 0) is 36.5 Å². The number of ether oxygens (including phenoxy) is 2. The zero-order chi connectivity index (χ0) is 18.6. The van der Waals surface area contributed by atoms with Gasteiger partial charge in [-0.3, -0.25) is 4.79 Å². The van der Waals surface area contributed by atoms with Crippen molar-refractivity contribution >= 4 is 11.6 Å². The second kappa shape index (κ2) is 7.60. The Morgan fingerprint density at radius 2 is 1.77 bits per heavy atom. The van der Waals surface area contributed by atoms with Gasteiger partial charge in [-0.2, -0.15) is 5.10 Å². The molecule has 1 amide bonds. The van der Waals surface area contributed by atoms with Crippen molar-refractivity contribution in [1.29, 1.82) is 0 Å². The lowest BCUT2D eigenvalue weighted by atomic mass is 9.80. The SMILES string of the molecule is C/C(CC(C)(C)c1ccccc1)=N/NC(=O)[C@H]1COc2ccccc2O1. The minimum Gasteiger partial charge on any atom is -0.485 e. The van der Waals surface area contributed by atoms with Crippen LogP contribution < -0.4 is 14.9 Å². The maximum atomic E-state index is 12.3. The molecular formula is C21H24N2O3. The minimum absolute atomic E-state index is 0.0665. The molecule has 1 atom stereocenters. The predicted molar refractivity (Wildman–Crippen MR) is 102 cm³/mol. The highest BCUT2D eigenvalue weighted by molar-refractivity contribution is 5.87. The summed E-state index contributed by atoms with van der Waals surface area (Å²) in [5, 5.41) is 4.25. The molecule has 0 saturated carbocycles. The number of amides is 1. The average Bonchev–Trinajstić information content (AvgIpc) is 2.66. The number of carbonyl (C=O) groups excluding carboxylic acids is 1. The molecule has 0 aliphatic carbocycles. The lowest BCUT2D eigenvalue weighted by molar-refractivity contribution is -0.130. The number of nitrogens with one attached hydrogen (secondary N) is 1. The Morgan fingerprint density at radius 1 is 1.12 bits per heavy atom. The zero-order valence-corrected chi connectivity index (χ0v) is 15.4. The molecule has 0 radical (unpaired) electrons. The van der Waals surface area contributed by atoms with Gasteiger partial charge in [0, 0.05) is 5.71 Å². The van der Waals surface area contributed by atoms with E-state index in [1.54, 1.807) is 6.07 Å². The van der Waals surface area contributed by atoms with E-state index in [0.717, 1.165) is 12.1 Å². The Labute approximate surface area is 154 Å². The number of benzene rings is 2. The van der Waals surface area contributed by atoms with Gasteiger partial charge in [0.05, 0.1) is 0 Å². The van der Waals surface area contributed by atoms with Crippen molar-refractivity contribution in [2.75, 3.05) is 6.61 Å². The van der Waals surface area contributed by atoms with Gasteiger partial charge in [-0.25, -0.2) is 5.43 Å². The monoisotopic (exact) mass is 352 g/mol. The molecule has 0 unspecified atom stereocenters. The number of nitrogens with zero attached hydrogens (tertiary/aromatic N) is 1. The first-order valence-corrected chi connectivity index (χ1v) is 8.73. The highest BCUT2D eigenvalue weighted by atomic mass is 16.6. The Bertz CT molecular complexity index is 800. The molecule has 5 heteroatoms. The van der Waals surface area contributed by atoms with Crippen LogP contribution in [0.2, 0.25) is 0 Å². The number of hydrogen-bond donors (Lipinski definition) is 1. The number of carbonyl (C=O) groups is 1. The molecule has 2 aromatic carbocycles. The Kier molecular flexibility index (Phi) is 5.26. The first-order chi connectivity index (χ1) is 12.5. The summed E-state index contributed by atoms with van der Waals surface area (Å²) in [6.07, 6.45) is 0.0332. The first-order valence-electron chi connectivity index (χ1n) is 8.73. The largest absolute Gasteiger partial charge is 0.485 e. The molecule has 26 heavy (non-hydrogen) atoms. The van der Waals surface area contributed by atoms with Crippen molar-refractivity contribution in [2.45, 2.75) is 38.7 Å². The summed E-state index contributed by atoms with van der Waals surface area (Å²) in [6, 6.07) is 17.6. The fraction of sp³-hybridized carbons (Fsp3) is 0.333. The number of fused-ring (bicyclic) bond motifs is 1. The first kappa shape index (κ1) is 18.0. The number of hydrazone groups is 1. The summed E-state index contributed by atoms with van der Waals surface area (Å²) in [5.74, 6) is 0.919. The van der Waals surface area contributed by atoms with Crippen LogP contribution in [-0.4, -0.2) is 24.3 Å². The van der Waals surface area contributed by atoms with Gasteiger partial charge in [0.15, 0.2) is 11.5 Å². The normalized spacial score (nSPS) is 16.9. The molecule has 1 aliphatic rings. The molecule has 2 aromatic rings. The molecule has 0 spiro atoms. The zero-order valence-electron chi connectivity index (χ0n) is 15.4. The van der Waals surface area contributed by atoms with E-state index in [4.69, 9.17) is 9.47 Å². The fourth-order valence-electron chi connectivity index (χ4n) is 3.04. The molecule has 0 fully saturated rings. The summed E-state index contributed by atoms with van der Waals surface area (Å²) in [7, 11) is 0. The summed E-state index contributed by atoms with van der Waals surface area (Å²) >= 11 is 0. The topological polar surface area (TPSA) is 59.9 Å². The number of hydrogen-bond acceptors (Lipinski definition) is 4. The van der Waals surface area contributed by atoms with Crippen molar-refractivity contribution in [1.82, 2.24) is 5.43 Å². The van der Waals surface area contributed by atoms with Crippen LogP contribution in [0.4, 0.5) is 0 Å². The fourth-order valence-corrected chi connectivity index (χ4v) is 3.04. The molecule has 0 saturated heterocycles. The quantitative estimate of drug-likeness (QED) is 0.659. The van der Waals surface area contributed by atoms with E-state index in [1.165, 1.54) is 5.56 Å². The predicted octanol–water partition coefficient (Wildman–Crippen LogP) is 3.69. The van der Waals surface area contributed by atoms with Crippen molar-refractivity contribution in [2.24, 2.45) is 5.10 Å². The van der Waals surface area contributed by atoms with Gasteiger partial charge >= 0.3 is 0 Å². The molecule has 5 nitrogen and oxygen atoms in total. The maximum Gasteiger partial charge on any atom is 0.284 e. The van der Waals surface area contributed by atoms with Gasteiger partial charge < -0.3 is 9.47 Å². The van der Waals surface area contributed by atoms with Crippen LogP contribution in [0.25, 0.3) is 0 Å². The summed E-state index contributed by atoms with van der Waals surface area (Å²) < 4.78 is 11.3. The standard InChI is InChI=1S/C21H24N2O3/c1-15(13-21(2,3)16-9-5-4-6-10-16)22-23-20(24)19-14-25-17-11-7-8-12-18(17)26-19/h4-12,19H,13-14H2,1-3H3,(H,23,24)/b22-15-/t19-/m1/s1. The maximum absolute atomic E-state index is 12.3. The van der Waals surface area contributed by atoms with Crippen LogP contribution in [0.1, 0.15) is 32.8 Å². The molecule has 1 N–H and O–H groups in total. The van der Waals surface area contributed by atoms with Crippen LogP contribution >= 0.6 is 0 Å². The van der Waals surface area contributed by atoms with Gasteiger partial charge in [0.1, 0.15) is 6.61 Å². The van der Waals surface area contributed by atoms with Crippen LogP contribution in [0.5, 0.6) is 11.5 Å². The van der Waals surface area contributed by atoms with Crippen molar-refractivity contribution in [3.8, 4) is 11.5 Å². The van der Waals surface area contributed by atoms with E-state index in [0.29, 0.717) is 11.5 Å². The third-order valence-corrected chi connectivity index (χ3v) is 4.41. The minimum atomic E-state index is -0.705. The van der Waals surface area contributed by atoms with Gasteiger partial charge in [0.2, 0.25) is 6.10 Å². The van der Waals surface area contributed by atoms with Crippen molar-refractivity contribution < 1.29 is 14.3 Å². The summed E-state index contributed by atoms with van der Waals surface area (Å²) in [5.41, 5.74) is 4.62. The molecule has 1 aliphatic heterocycles. The highest BCUT2D eigenvalue weighted by Crippen LogP contribution is 2.31. The second-order valence-corrected chi connectivity index (χ2v) is 7.11. The summed E-state index contributed by atoms with van der Waals surface area (Å²) in [4.78, 5) is 12.3. The average molecular weight is 352 g/mol. The van der Waals surface area contributed by atoms with E-state index >= 15 is 0 Å². The molecule has 1 heterocycles. The third kappa shape index (κ3) is 4.23. The summed E-state index contributed by atoms with van der Waals surface area (Å²) in [6.45, 7) is 6.42. The third-order valence-electron chi connectivity index (χ3n) is 4.41. The lowest BCUT2D eigenvalue weighted by Crippen LogP contribution is -2.42. The Hall–Kier alpha value is -2.82. The van der Waals surface area contributed by atoms with E-state index in [1.807, 2.05) is 43.3 Å². The number of rotatable bonds is 5. The molecule has 0 aromatic heterocycles.